The molecule has 1 aliphatic heterocycles. The van der Waals surface area contributed by atoms with Crippen molar-refractivity contribution in [2.45, 2.75) is 32.7 Å². The van der Waals surface area contributed by atoms with Crippen molar-refractivity contribution in [1.82, 2.24) is 4.98 Å². The van der Waals surface area contributed by atoms with Gasteiger partial charge in [-0.3, -0.25) is 4.79 Å². The van der Waals surface area contributed by atoms with Crippen LogP contribution in [0, 0.1) is 5.41 Å². The molecule has 1 aromatic heterocycles. The molecular weight excluding hydrogens is 368 g/mol. The Bertz CT molecular complexity index is 1370. The first-order chi connectivity index (χ1) is 14.5. The van der Waals surface area contributed by atoms with E-state index in [-0.39, 0.29) is 17.2 Å². The average Bonchev–Trinajstić information content (AvgIpc) is 3.16. The van der Waals surface area contributed by atoms with Crippen molar-refractivity contribution in [2.24, 2.45) is 5.41 Å². The number of Topliss-reactive ketones (excluding diaryl/α,β-unsaturated/α-hetero) is 1. The number of hydrogen-bond acceptors (Lipinski definition) is 2. The van der Waals surface area contributed by atoms with Crippen LogP contribution in [0.4, 0.5) is 5.69 Å². The number of H-pyrrole nitrogens is 1. The summed E-state index contributed by atoms with van der Waals surface area (Å²) in [5.74, 6) is 0.266. The van der Waals surface area contributed by atoms with Gasteiger partial charge in [0, 0.05) is 45.9 Å². The van der Waals surface area contributed by atoms with Crippen LogP contribution in [0.25, 0.3) is 27.2 Å². The molecule has 0 fully saturated rings. The van der Waals surface area contributed by atoms with Crippen molar-refractivity contribution in [2.75, 3.05) is 5.32 Å². The highest BCUT2D eigenvalue weighted by Gasteiger charge is 2.41. The zero-order valence-corrected chi connectivity index (χ0v) is 17.3. The Labute approximate surface area is 175 Å². The summed E-state index contributed by atoms with van der Waals surface area (Å²) in [7, 11) is 0. The van der Waals surface area contributed by atoms with Crippen LogP contribution in [0.15, 0.2) is 72.4 Å². The third kappa shape index (κ3) is 2.48. The summed E-state index contributed by atoms with van der Waals surface area (Å²) in [6.07, 6.45) is 3.56. The largest absolute Gasteiger partial charge is 0.373 e. The Morgan fingerprint density at radius 2 is 1.67 bits per heavy atom. The van der Waals surface area contributed by atoms with Gasteiger partial charge in [-0.25, -0.2) is 0 Å². The average molecular weight is 393 g/mol. The number of allylic oxidation sites excluding steroid dienone is 1. The van der Waals surface area contributed by atoms with Crippen LogP contribution in [0.2, 0.25) is 0 Å². The lowest BCUT2D eigenvalue weighted by molar-refractivity contribution is -0.118. The van der Waals surface area contributed by atoms with Crippen LogP contribution in [-0.4, -0.2) is 10.8 Å². The van der Waals surface area contributed by atoms with Crippen LogP contribution in [0.1, 0.15) is 43.9 Å². The summed E-state index contributed by atoms with van der Waals surface area (Å²) in [6, 6.07) is 21.0. The van der Waals surface area contributed by atoms with Gasteiger partial charge in [0.05, 0.1) is 6.04 Å². The zero-order chi connectivity index (χ0) is 20.5. The van der Waals surface area contributed by atoms with Gasteiger partial charge in [0.1, 0.15) is 0 Å². The van der Waals surface area contributed by atoms with Crippen molar-refractivity contribution in [3.8, 4) is 0 Å². The molecule has 2 heterocycles. The van der Waals surface area contributed by atoms with E-state index in [9.17, 15) is 4.79 Å². The Morgan fingerprint density at radius 1 is 0.900 bits per heavy atom. The third-order valence-electron chi connectivity index (χ3n) is 6.67. The van der Waals surface area contributed by atoms with Gasteiger partial charge >= 0.3 is 0 Å². The van der Waals surface area contributed by atoms with E-state index in [0.717, 1.165) is 28.8 Å². The maximum Gasteiger partial charge on any atom is 0.162 e. The molecule has 2 N–H and O–H groups in total. The summed E-state index contributed by atoms with van der Waals surface area (Å²) in [5.41, 5.74) is 6.70. The van der Waals surface area contributed by atoms with Gasteiger partial charge in [0.2, 0.25) is 0 Å². The van der Waals surface area contributed by atoms with Gasteiger partial charge in [-0.05, 0) is 40.3 Å². The molecule has 0 saturated heterocycles. The monoisotopic (exact) mass is 392 g/mol. The fourth-order valence-electron chi connectivity index (χ4n) is 5.40. The highest BCUT2D eigenvalue weighted by Crippen LogP contribution is 2.52. The SMILES string of the molecule is CC1(C)CC(=O)C2=C(C1)c1c(ccc3ccccc13)N[C@@H]2c1c[nH]c2ccccc12. The predicted octanol–water partition coefficient (Wildman–Crippen LogP) is 6.63. The van der Waals surface area contributed by atoms with Crippen LogP contribution in [0.5, 0.6) is 0 Å². The number of nitrogens with one attached hydrogen (secondary N) is 2. The van der Waals surface area contributed by atoms with E-state index in [4.69, 9.17) is 0 Å². The molecule has 0 amide bonds. The lowest BCUT2D eigenvalue weighted by Gasteiger charge is -2.40. The van der Waals surface area contributed by atoms with E-state index in [1.165, 1.54) is 27.3 Å². The smallest absolute Gasteiger partial charge is 0.162 e. The fourth-order valence-corrected chi connectivity index (χ4v) is 5.40. The molecule has 148 valence electrons. The molecule has 1 atom stereocenters. The molecular formula is C27H24N2O. The number of anilines is 1. The maximum atomic E-state index is 13.5. The van der Waals surface area contributed by atoms with Crippen molar-refractivity contribution in [3.63, 3.8) is 0 Å². The van der Waals surface area contributed by atoms with Crippen LogP contribution in [0.3, 0.4) is 0 Å². The minimum Gasteiger partial charge on any atom is -0.373 e. The maximum absolute atomic E-state index is 13.5. The van der Waals surface area contributed by atoms with Crippen LogP contribution >= 0.6 is 0 Å². The Kier molecular flexibility index (Phi) is 3.55. The quantitative estimate of drug-likeness (QED) is 0.382. The van der Waals surface area contributed by atoms with E-state index >= 15 is 0 Å². The Morgan fingerprint density at radius 3 is 2.53 bits per heavy atom. The fraction of sp³-hybridized carbons (Fsp3) is 0.222. The molecule has 6 rings (SSSR count). The molecule has 1 aliphatic carbocycles. The van der Waals surface area contributed by atoms with Gasteiger partial charge < -0.3 is 10.3 Å². The van der Waals surface area contributed by atoms with Gasteiger partial charge in [-0.15, -0.1) is 0 Å². The third-order valence-corrected chi connectivity index (χ3v) is 6.67. The first-order valence-corrected chi connectivity index (χ1v) is 10.6. The minimum atomic E-state index is -0.131. The lowest BCUT2D eigenvalue weighted by atomic mass is 9.68. The number of aromatic nitrogens is 1. The summed E-state index contributed by atoms with van der Waals surface area (Å²) in [6.45, 7) is 4.42. The van der Waals surface area contributed by atoms with Crippen molar-refractivity contribution >= 4 is 38.7 Å². The van der Waals surface area contributed by atoms with E-state index in [1.54, 1.807) is 0 Å². The van der Waals surface area contributed by atoms with Gasteiger partial charge in [0.25, 0.3) is 0 Å². The summed E-state index contributed by atoms with van der Waals surface area (Å²) in [5, 5.41) is 7.35. The van der Waals surface area contributed by atoms with E-state index in [0.29, 0.717) is 6.42 Å². The molecule has 2 aliphatic rings. The van der Waals surface area contributed by atoms with Crippen LogP contribution in [-0.2, 0) is 4.79 Å². The summed E-state index contributed by atoms with van der Waals surface area (Å²) < 4.78 is 0. The predicted molar refractivity (Wildman–Crippen MR) is 124 cm³/mol. The summed E-state index contributed by atoms with van der Waals surface area (Å²) >= 11 is 0. The highest BCUT2D eigenvalue weighted by molar-refractivity contribution is 6.13. The molecule has 3 heteroatoms. The molecule has 0 bridgehead atoms. The number of ketones is 1. The number of para-hydroxylation sites is 1. The Balaban J connectivity index is 1.66. The number of benzene rings is 3. The highest BCUT2D eigenvalue weighted by atomic mass is 16.1. The number of fused-ring (bicyclic) bond motifs is 5. The van der Waals surface area contributed by atoms with Crippen molar-refractivity contribution in [3.05, 3.63) is 83.6 Å². The normalized spacial score (nSPS) is 20.2. The van der Waals surface area contributed by atoms with E-state index in [2.05, 4.69) is 84.9 Å². The Hall–Kier alpha value is -3.33. The molecule has 3 nitrogen and oxygen atoms in total. The molecule has 0 saturated carbocycles. The van der Waals surface area contributed by atoms with E-state index < -0.39 is 0 Å². The van der Waals surface area contributed by atoms with Crippen molar-refractivity contribution < 1.29 is 4.79 Å². The second kappa shape index (κ2) is 6.09. The van der Waals surface area contributed by atoms with Gasteiger partial charge in [0.15, 0.2) is 5.78 Å². The zero-order valence-electron chi connectivity index (χ0n) is 17.3. The first kappa shape index (κ1) is 17.5. The minimum absolute atomic E-state index is 0.0355. The molecule has 0 radical (unpaired) electrons. The molecule has 0 unspecified atom stereocenters. The molecule has 3 aromatic carbocycles. The number of carbonyl (C=O) groups is 1. The van der Waals surface area contributed by atoms with Crippen molar-refractivity contribution in [1.29, 1.82) is 0 Å². The number of rotatable bonds is 1. The van der Waals surface area contributed by atoms with E-state index in [1.807, 2.05) is 6.07 Å². The second-order valence-electron chi connectivity index (χ2n) is 9.41. The second-order valence-corrected chi connectivity index (χ2v) is 9.41. The molecule has 0 spiro atoms. The number of hydrogen-bond donors (Lipinski definition) is 2. The molecule has 4 aromatic rings. The van der Waals surface area contributed by atoms with Crippen LogP contribution < -0.4 is 5.32 Å². The summed E-state index contributed by atoms with van der Waals surface area (Å²) in [4.78, 5) is 16.9. The molecule has 30 heavy (non-hydrogen) atoms. The topological polar surface area (TPSA) is 44.9 Å². The number of carbonyl (C=O) groups excluding carboxylic acids is 1. The standard InChI is InChI=1S/C27H24N2O/c1-27(2)13-19-24-17-8-4-3-7-16(17)11-12-22(24)29-26(25(19)23(30)14-27)20-15-28-21-10-6-5-9-18(20)21/h3-12,15,26,28-29H,13-14H2,1-2H3/t26-/m1/s1. The lowest BCUT2D eigenvalue weighted by Crippen LogP contribution is -2.33. The van der Waals surface area contributed by atoms with Gasteiger partial charge in [-0.2, -0.15) is 0 Å². The van der Waals surface area contributed by atoms with Gasteiger partial charge in [-0.1, -0.05) is 62.4 Å². The first-order valence-electron chi connectivity index (χ1n) is 10.6. The number of aromatic amines is 1.